The molecule has 0 aliphatic heterocycles. The zero-order valence-electron chi connectivity index (χ0n) is 10.2. The van der Waals surface area contributed by atoms with Gasteiger partial charge in [0.1, 0.15) is 5.39 Å². The molecule has 100 valence electrons. The minimum atomic E-state index is -0.694. The molecule has 0 unspecified atom stereocenters. The summed E-state index contributed by atoms with van der Waals surface area (Å²) in [6.45, 7) is 0.312. The number of pyridine rings is 1. The van der Waals surface area contributed by atoms with E-state index in [1.54, 1.807) is 18.3 Å². The lowest BCUT2D eigenvalue weighted by Gasteiger charge is -2.07. The topological polar surface area (TPSA) is 65.1 Å². The van der Waals surface area contributed by atoms with Crippen LogP contribution in [0.15, 0.2) is 56.6 Å². The Kier molecular flexibility index (Phi) is 3.39. The Labute approximate surface area is 127 Å². The molecule has 0 aliphatic carbocycles. The van der Waals surface area contributed by atoms with E-state index in [1.807, 2.05) is 24.3 Å². The van der Waals surface area contributed by atoms with E-state index in [9.17, 15) is 9.59 Å². The molecule has 0 saturated heterocycles. The maximum Gasteiger partial charge on any atom is 0.423 e. The van der Waals surface area contributed by atoms with Gasteiger partial charge >= 0.3 is 11.4 Å². The fourth-order valence-corrected chi connectivity index (χ4v) is 2.61. The average molecular weight is 380 g/mol. The van der Waals surface area contributed by atoms with Crippen molar-refractivity contribution in [3.63, 3.8) is 0 Å². The van der Waals surface area contributed by atoms with Gasteiger partial charge in [-0.3, -0.25) is 4.57 Å². The van der Waals surface area contributed by atoms with E-state index in [2.05, 4.69) is 27.6 Å². The van der Waals surface area contributed by atoms with Crippen molar-refractivity contribution in [2.45, 2.75) is 6.54 Å². The first-order valence-corrected chi connectivity index (χ1v) is 6.96. The number of rotatable bonds is 2. The number of hydrogen-bond acceptors (Lipinski definition) is 4. The molecule has 2 heterocycles. The highest BCUT2D eigenvalue weighted by molar-refractivity contribution is 14.1. The molecule has 0 radical (unpaired) electrons. The van der Waals surface area contributed by atoms with Gasteiger partial charge in [-0.15, -0.1) is 0 Å². The molecule has 2 aromatic heterocycles. The summed E-state index contributed by atoms with van der Waals surface area (Å²) in [7, 11) is 0. The number of fused-ring (bicyclic) bond motifs is 1. The van der Waals surface area contributed by atoms with Crippen LogP contribution in [-0.4, -0.2) is 9.55 Å². The summed E-state index contributed by atoms with van der Waals surface area (Å²) in [6.07, 6.45) is 1.55. The average Bonchev–Trinajstić information content (AvgIpc) is 2.43. The number of nitrogens with zero attached hydrogens (tertiary/aromatic N) is 2. The molecule has 0 bridgehead atoms. The minimum Gasteiger partial charge on any atom is -0.372 e. The first-order valence-electron chi connectivity index (χ1n) is 5.88. The summed E-state index contributed by atoms with van der Waals surface area (Å²) in [5.74, 6) is -0.694. The van der Waals surface area contributed by atoms with Gasteiger partial charge in [-0.2, -0.15) is 0 Å². The molecule has 20 heavy (non-hydrogen) atoms. The van der Waals surface area contributed by atoms with E-state index < -0.39 is 11.4 Å². The van der Waals surface area contributed by atoms with Gasteiger partial charge in [0, 0.05) is 9.77 Å². The summed E-state index contributed by atoms with van der Waals surface area (Å²) in [5.41, 5.74) is 0.629. The fourth-order valence-electron chi connectivity index (χ4n) is 2.00. The van der Waals surface area contributed by atoms with Gasteiger partial charge in [0.05, 0.1) is 6.54 Å². The zero-order chi connectivity index (χ0) is 14.1. The number of aromatic nitrogens is 2. The molecular formula is C14H9IN2O3. The predicted molar refractivity (Wildman–Crippen MR) is 82.8 cm³/mol. The molecule has 0 aliphatic rings. The standard InChI is InChI=1S/C14H9IN2O3/c15-10-4-1-3-9(7-10)8-17-12-11(5-2-6-16-12)13(18)20-14(17)19/h1-7H,8H2. The second-order valence-corrected chi connectivity index (χ2v) is 5.49. The van der Waals surface area contributed by atoms with E-state index in [4.69, 9.17) is 4.42 Å². The predicted octanol–water partition coefficient (Wildman–Crippen LogP) is 2.00. The van der Waals surface area contributed by atoms with Gasteiger partial charge in [0.2, 0.25) is 0 Å². The van der Waals surface area contributed by atoms with Crippen molar-refractivity contribution >= 4 is 33.6 Å². The van der Waals surface area contributed by atoms with Crippen molar-refractivity contribution in [2.75, 3.05) is 0 Å². The van der Waals surface area contributed by atoms with E-state index in [-0.39, 0.29) is 0 Å². The molecule has 0 N–H and O–H groups in total. The SMILES string of the molecule is O=c1oc(=O)n(Cc2cccc(I)c2)c2ncccc12. The van der Waals surface area contributed by atoms with Crippen LogP contribution in [0.2, 0.25) is 0 Å². The molecule has 1 aromatic carbocycles. The molecule has 5 nitrogen and oxygen atoms in total. The van der Waals surface area contributed by atoms with E-state index >= 15 is 0 Å². The molecule has 0 fully saturated rings. The maximum atomic E-state index is 11.9. The largest absolute Gasteiger partial charge is 0.423 e. The normalized spacial score (nSPS) is 10.8. The summed E-state index contributed by atoms with van der Waals surface area (Å²) >= 11 is 2.20. The van der Waals surface area contributed by atoms with Gasteiger partial charge < -0.3 is 4.42 Å². The Morgan fingerprint density at radius 1 is 1.20 bits per heavy atom. The summed E-state index contributed by atoms with van der Waals surface area (Å²) in [4.78, 5) is 27.7. The highest BCUT2D eigenvalue weighted by atomic mass is 127. The smallest absolute Gasteiger partial charge is 0.372 e. The van der Waals surface area contributed by atoms with Crippen LogP contribution in [0.4, 0.5) is 0 Å². The van der Waals surface area contributed by atoms with E-state index in [0.717, 1.165) is 9.13 Å². The van der Waals surface area contributed by atoms with Gasteiger partial charge in [0.15, 0.2) is 5.65 Å². The lowest BCUT2D eigenvalue weighted by molar-refractivity contribution is 0.423. The lowest BCUT2D eigenvalue weighted by atomic mass is 10.2. The molecular weight excluding hydrogens is 371 g/mol. The van der Waals surface area contributed by atoms with E-state index in [0.29, 0.717) is 17.6 Å². The first-order chi connectivity index (χ1) is 9.65. The van der Waals surface area contributed by atoms with Crippen molar-refractivity contribution in [1.82, 2.24) is 9.55 Å². The van der Waals surface area contributed by atoms with Gasteiger partial charge in [-0.05, 0) is 52.4 Å². The van der Waals surface area contributed by atoms with Crippen LogP contribution in [0.5, 0.6) is 0 Å². The Bertz CT molecular complexity index is 899. The fraction of sp³-hybridized carbons (Fsp3) is 0.0714. The number of halogens is 1. The maximum absolute atomic E-state index is 11.9. The lowest BCUT2D eigenvalue weighted by Crippen LogP contribution is -2.26. The van der Waals surface area contributed by atoms with Crippen molar-refractivity contribution in [3.05, 3.63) is 72.7 Å². The van der Waals surface area contributed by atoms with Crippen molar-refractivity contribution in [1.29, 1.82) is 0 Å². The van der Waals surface area contributed by atoms with Gasteiger partial charge in [-0.25, -0.2) is 14.6 Å². The van der Waals surface area contributed by atoms with Crippen LogP contribution >= 0.6 is 22.6 Å². The van der Waals surface area contributed by atoms with Crippen molar-refractivity contribution in [3.8, 4) is 0 Å². The number of hydrogen-bond donors (Lipinski definition) is 0. The first kappa shape index (κ1) is 13.0. The third-order valence-corrected chi connectivity index (χ3v) is 3.56. The highest BCUT2D eigenvalue weighted by Crippen LogP contribution is 2.11. The highest BCUT2D eigenvalue weighted by Gasteiger charge is 2.10. The Morgan fingerprint density at radius 3 is 2.85 bits per heavy atom. The molecule has 0 saturated carbocycles. The third kappa shape index (κ3) is 2.38. The summed E-state index contributed by atoms with van der Waals surface area (Å²) in [6, 6.07) is 11.0. The Balaban J connectivity index is 2.21. The van der Waals surface area contributed by atoms with Crippen LogP contribution < -0.4 is 11.4 Å². The molecule has 3 aromatic rings. The molecule has 3 rings (SSSR count). The Hall–Kier alpha value is -1.96. The minimum absolute atomic E-state index is 0.303. The van der Waals surface area contributed by atoms with Crippen LogP contribution in [0.3, 0.4) is 0 Å². The van der Waals surface area contributed by atoms with Crippen LogP contribution in [0.1, 0.15) is 5.56 Å². The zero-order valence-corrected chi connectivity index (χ0v) is 12.4. The van der Waals surface area contributed by atoms with Gasteiger partial charge in [0.25, 0.3) is 0 Å². The molecule has 0 spiro atoms. The van der Waals surface area contributed by atoms with Crippen molar-refractivity contribution < 1.29 is 4.42 Å². The van der Waals surface area contributed by atoms with Crippen LogP contribution in [0, 0.1) is 3.57 Å². The molecule has 0 atom stereocenters. The summed E-state index contributed by atoms with van der Waals surface area (Å²) < 4.78 is 7.17. The van der Waals surface area contributed by atoms with Crippen LogP contribution in [0.25, 0.3) is 11.0 Å². The third-order valence-electron chi connectivity index (χ3n) is 2.89. The second-order valence-electron chi connectivity index (χ2n) is 4.25. The number of benzene rings is 1. The van der Waals surface area contributed by atoms with Gasteiger partial charge in [-0.1, -0.05) is 12.1 Å². The summed E-state index contributed by atoms with van der Waals surface area (Å²) in [5, 5.41) is 0.303. The van der Waals surface area contributed by atoms with Crippen LogP contribution in [-0.2, 0) is 6.54 Å². The molecule has 6 heteroatoms. The van der Waals surface area contributed by atoms with E-state index in [1.165, 1.54) is 4.57 Å². The molecule has 0 amide bonds. The second kappa shape index (κ2) is 5.20. The van der Waals surface area contributed by atoms with Crippen molar-refractivity contribution in [2.24, 2.45) is 0 Å². The quantitative estimate of drug-likeness (QED) is 0.638. The monoisotopic (exact) mass is 380 g/mol. The Morgan fingerprint density at radius 2 is 2.05 bits per heavy atom.